The van der Waals surface area contributed by atoms with Crippen molar-refractivity contribution in [1.29, 1.82) is 0 Å². The summed E-state index contributed by atoms with van der Waals surface area (Å²) >= 11 is 0. The summed E-state index contributed by atoms with van der Waals surface area (Å²) in [5.41, 5.74) is 0.977. The minimum Gasteiger partial charge on any atom is -0.302 e. The molecule has 0 spiro atoms. The Kier molecular flexibility index (Phi) is 2.68. The average Bonchev–Trinajstić information content (AvgIpc) is 2.38. The molecule has 0 atom stereocenters. The molecule has 0 N–H and O–H groups in total. The molecule has 1 aromatic carbocycles. The van der Waals surface area contributed by atoms with Gasteiger partial charge in [0, 0.05) is 5.69 Å². The molecule has 0 fully saturated rings. The van der Waals surface area contributed by atoms with Gasteiger partial charge in [0.25, 0.3) is 0 Å². The zero-order valence-corrected chi connectivity index (χ0v) is 10.4. The Morgan fingerprint density at radius 2 is 1.89 bits per heavy atom. The lowest BCUT2D eigenvalue weighted by Gasteiger charge is -2.21. The molecule has 0 aromatic heterocycles. The highest BCUT2D eigenvalue weighted by molar-refractivity contribution is 6.07. The Labute approximate surface area is 103 Å². The number of rotatable bonds is 1. The first kappa shape index (κ1) is 12.9. The van der Waals surface area contributed by atoms with Crippen molar-refractivity contribution < 1.29 is 18.0 Å². The molecular weight excluding hydrogens is 243 g/mol. The van der Waals surface area contributed by atoms with E-state index in [1.54, 1.807) is 32.9 Å². The van der Waals surface area contributed by atoms with E-state index in [2.05, 4.69) is 0 Å². The van der Waals surface area contributed by atoms with Gasteiger partial charge in [0.15, 0.2) is 0 Å². The molecule has 1 aliphatic heterocycles. The number of amides is 1. The van der Waals surface area contributed by atoms with E-state index >= 15 is 0 Å². The first-order valence-electron chi connectivity index (χ1n) is 5.63. The van der Waals surface area contributed by atoms with Crippen molar-refractivity contribution in [2.45, 2.75) is 32.4 Å². The molecule has 1 heterocycles. The zero-order chi connectivity index (χ0) is 13.7. The molecule has 1 amide bonds. The van der Waals surface area contributed by atoms with E-state index in [1.165, 1.54) is 0 Å². The van der Waals surface area contributed by atoms with Crippen LogP contribution >= 0.6 is 0 Å². The number of nitrogens with zero attached hydrogens (tertiary/aromatic N) is 1. The molecule has 0 aliphatic carbocycles. The summed E-state index contributed by atoms with van der Waals surface area (Å²) in [6, 6.07) is 5.18. The molecular formula is C13H14F3NO. The van der Waals surface area contributed by atoms with Crippen LogP contribution in [0.1, 0.15) is 25.0 Å². The highest BCUT2D eigenvalue weighted by atomic mass is 19.4. The normalized spacial score (nSPS) is 18.1. The predicted molar refractivity (Wildman–Crippen MR) is 62.6 cm³/mol. The van der Waals surface area contributed by atoms with Gasteiger partial charge in [-0.15, -0.1) is 0 Å². The van der Waals surface area contributed by atoms with Gasteiger partial charge in [0.05, 0.1) is 5.41 Å². The van der Waals surface area contributed by atoms with Crippen LogP contribution < -0.4 is 4.90 Å². The van der Waals surface area contributed by atoms with Crippen LogP contribution in [0.4, 0.5) is 18.9 Å². The molecule has 0 unspecified atom stereocenters. The Bertz CT molecular complexity index is 505. The van der Waals surface area contributed by atoms with E-state index < -0.39 is 24.0 Å². The van der Waals surface area contributed by atoms with E-state index in [4.69, 9.17) is 0 Å². The standard InChI is InChI=1S/C13H14F3NO/c1-8-4-5-9-10(6-8)17(7-13(14,15)16)11(18)12(9,2)3/h4-6H,7H2,1-3H3. The fourth-order valence-corrected chi connectivity index (χ4v) is 2.29. The van der Waals surface area contributed by atoms with Crippen molar-refractivity contribution in [3.05, 3.63) is 29.3 Å². The number of alkyl halides is 3. The number of benzene rings is 1. The summed E-state index contributed by atoms with van der Waals surface area (Å²) in [5, 5.41) is 0. The van der Waals surface area contributed by atoms with Gasteiger partial charge in [-0.2, -0.15) is 13.2 Å². The minimum atomic E-state index is -4.39. The molecule has 2 rings (SSSR count). The summed E-state index contributed by atoms with van der Waals surface area (Å²) in [5.74, 6) is -0.500. The summed E-state index contributed by atoms with van der Waals surface area (Å²) in [6.07, 6.45) is -4.39. The molecule has 0 saturated carbocycles. The van der Waals surface area contributed by atoms with Crippen molar-refractivity contribution >= 4 is 11.6 Å². The summed E-state index contributed by atoms with van der Waals surface area (Å²) in [7, 11) is 0. The Morgan fingerprint density at radius 1 is 1.28 bits per heavy atom. The fraction of sp³-hybridized carbons (Fsp3) is 0.462. The van der Waals surface area contributed by atoms with Gasteiger partial charge in [-0.25, -0.2) is 0 Å². The van der Waals surface area contributed by atoms with Gasteiger partial charge < -0.3 is 4.90 Å². The van der Waals surface area contributed by atoms with Crippen molar-refractivity contribution in [3.63, 3.8) is 0 Å². The molecule has 0 radical (unpaired) electrons. The van der Waals surface area contributed by atoms with Gasteiger partial charge in [0.1, 0.15) is 6.54 Å². The van der Waals surface area contributed by atoms with Crippen molar-refractivity contribution in [2.75, 3.05) is 11.4 Å². The Hall–Kier alpha value is -1.52. The number of halogens is 3. The molecule has 0 bridgehead atoms. The van der Waals surface area contributed by atoms with Crippen LogP contribution in [-0.4, -0.2) is 18.6 Å². The highest BCUT2D eigenvalue weighted by Crippen LogP contribution is 2.42. The molecule has 1 aliphatic rings. The van der Waals surface area contributed by atoms with Crippen LogP contribution in [0.3, 0.4) is 0 Å². The number of aryl methyl sites for hydroxylation is 1. The van der Waals surface area contributed by atoms with Crippen LogP contribution in [0.2, 0.25) is 0 Å². The van der Waals surface area contributed by atoms with Crippen LogP contribution in [0.5, 0.6) is 0 Å². The zero-order valence-electron chi connectivity index (χ0n) is 10.4. The number of hydrogen-bond acceptors (Lipinski definition) is 1. The maximum absolute atomic E-state index is 12.5. The number of fused-ring (bicyclic) bond motifs is 1. The van der Waals surface area contributed by atoms with E-state index in [9.17, 15) is 18.0 Å². The Morgan fingerprint density at radius 3 is 2.44 bits per heavy atom. The van der Waals surface area contributed by atoms with Gasteiger partial charge in [-0.1, -0.05) is 12.1 Å². The second kappa shape index (κ2) is 3.73. The molecule has 2 nitrogen and oxygen atoms in total. The van der Waals surface area contributed by atoms with Gasteiger partial charge in [-0.3, -0.25) is 4.79 Å². The van der Waals surface area contributed by atoms with Crippen LogP contribution in [0.25, 0.3) is 0 Å². The lowest BCUT2D eigenvalue weighted by atomic mass is 9.86. The third kappa shape index (κ3) is 1.98. The second-order valence-corrected chi connectivity index (χ2v) is 5.15. The van der Waals surface area contributed by atoms with Crippen molar-refractivity contribution in [2.24, 2.45) is 0 Å². The maximum Gasteiger partial charge on any atom is 0.406 e. The number of hydrogen-bond donors (Lipinski definition) is 0. The smallest absolute Gasteiger partial charge is 0.302 e. The second-order valence-electron chi connectivity index (χ2n) is 5.15. The summed E-state index contributed by atoms with van der Waals surface area (Å²) in [6.45, 7) is 3.87. The maximum atomic E-state index is 12.5. The number of carbonyl (C=O) groups excluding carboxylic acids is 1. The molecule has 5 heteroatoms. The fourth-order valence-electron chi connectivity index (χ4n) is 2.29. The van der Waals surface area contributed by atoms with E-state index in [1.807, 2.05) is 6.07 Å². The van der Waals surface area contributed by atoms with Gasteiger partial charge in [-0.05, 0) is 38.0 Å². The van der Waals surface area contributed by atoms with Crippen LogP contribution in [0, 0.1) is 6.92 Å². The largest absolute Gasteiger partial charge is 0.406 e. The predicted octanol–water partition coefficient (Wildman–Crippen LogP) is 3.18. The summed E-state index contributed by atoms with van der Waals surface area (Å²) < 4.78 is 37.6. The number of carbonyl (C=O) groups is 1. The van der Waals surface area contributed by atoms with Crippen molar-refractivity contribution in [3.8, 4) is 0 Å². The van der Waals surface area contributed by atoms with Crippen LogP contribution in [-0.2, 0) is 10.2 Å². The Balaban J connectivity index is 2.52. The minimum absolute atomic E-state index is 0.377. The number of anilines is 1. The third-order valence-corrected chi connectivity index (χ3v) is 3.23. The molecule has 18 heavy (non-hydrogen) atoms. The monoisotopic (exact) mass is 257 g/mol. The van der Waals surface area contributed by atoms with Crippen molar-refractivity contribution in [1.82, 2.24) is 0 Å². The van der Waals surface area contributed by atoms with Gasteiger partial charge >= 0.3 is 6.18 Å². The van der Waals surface area contributed by atoms with Crippen LogP contribution in [0.15, 0.2) is 18.2 Å². The molecule has 0 saturated heterocycles. The lowest BCUT2D eigenvalue weighted by Crippen LogP contribution is -2.41. The molecule has 1 aromatic rings. The highest BCUT2D eigenvalue weighted by Gasteiger charge is 2.47. The summed E-state index contributed by atoms with van der Waals surface area (Å²) in [4.78, 5) is 12.9. The van der Waals surface area contributed by atoms with Gasteiger partial charge in [0.2, 0.25) is 5.91 Å². The quantitative estimate of drug-likeness (QED) is 0.756. The first-order valence-corrected chi connectivity index (χ1v) is 5.63. The SMILES string of the molecule is Cc1ccc2c(c1)N(CC(F)(F)F)C(=O)C2(C)C. The van der Waals surface area contributed by atoms with E-state index in [0.717, 1.165) is 10.5 Å². The lowest BCUT2D eigenvalue weighted by molar-refractivity contribution is -0.134. The average molecular weight is 257 g/mol. The van der Waals surface area contributed by atoms with E-state index in [0.29, 0.717) is 11.3 Å². The molecule has 98 valence electrons. The first-order chi connectivity index (χ1) is 8.13. The third-order valence-electron chi connectivity index (χ3n) is 3.23. The topological polar surface area (TPSA) is 20.3 Å². The van der Waals surface area contributed by atoms with E-state index in [-0.39, 0.29) is 0 Å².